The number of benzene rings is 2. The van der Waals surface area contributed by atoms with Crippen LogP contribution in [0.4, 0.5) is 0 Å². The number of halogens is 2. The highest BCUT2D eigenvalue weighted by molar-refractivity contribution is 9.10. The van der Waals surface area contributed by atoms with Crippen molar-refractivity contribution in [2.45, 2.75) is 0 Å². The molecule has 0 heterocycles. The van der Waals surface area contributed by atoms with Crippen molar-refractivity contribution in [3.63, 3.8) is 0 Å². The maximum atomic E-state index is 12.0. The first-order valence-corrected chi connectivity index (χ1v) is 7.97. The Balaban J connectivity index is 1.91. The van der Waals surface area contributed by atoms with Crippen molar-refractivity contribution in [1.29, 1.82) is 0 Å². The minimum absolute atomic E-state index is 0.0360. The molecule has 2 aromatic carbocycles. The quantitative estimate of drug-likeness (QED) is 0.524. The Labute approximate surface area is 151 Å². The Hall–Kier alpha value is -1.96. The van der Waals surface area contributed by atoms with Gasteiger partial charge in [-0.3, -0.25) is 25.8 Å². The minimum Gasteiger partial charge on any atom is -0.298 e. The highest BCUT2D eigenvalue weighted by atomic mass is 79.9. The molecule has 0 unspecified atom stereocenters. The first-order valence-electron chi connectivity index (χ1n) is 6.40. The van der Waals surface area contributed by atoms with Gasteiger partial charge < -0.3 is 0 Å². The zero-order valence-electron chi connectivity index (χ0n) is 11.6. The third-order valence-electron chi connectivity index (χ3n) is 2.75. The monoisotopic (exact) mass is 411 g/mol. The summed E-state index contributed by atoms with van der Waals surface area (Å²) in [5.41, 5.74) is 5.54. The molecule has 0 aromatic heterocycles. The van der Waals surface area contributed by atoms with Gasteiger partial charge in [0.25, 0.3) is 11.8 Å². The zero-order chi connectivity index (χ0) is 16.8. The maximum absolute atomic E-state index is 12.0. The van der Waals surface area contributed by atoms with E-state index in [1.54, 1.807) is 48.5 Å². The summed E-state index contributed by atoms with van der Waals surface area (Å²) in [6.07, 6.45) is 0. The molecule has 118 valence electrons. The van der Waals surface area contributed by atoms with Crippen molar-refractivity contribution in [3.05, 3.63) is 69.2 Å². The van der Waals surface area contributed by atoms with E-state index in [1.165, 1.54) is 0 Å². The summed E-state index contributed by atoms with van der Waals surface area (Å²) < 4.78 is 0.639. The van der Waals surface area contributed by atoms with Gasteiger partial charge >= 0.3 is 0 Å². The van der Waals surface area contributed by atoms with Gasteiger partial charge in [-0.1, -0.05) is 35.9 Å². The van der Waals surface area contributed by atoms with Gasteiger partial charge in [0.15, 0.2) is 5.11 Å². The molecule has 0 aliphatic carbocycles. The summed E-state index contributed by atoms with van der Waals surface area (Å²) in [7, 11) is 0. The number of amides is 2. The lowest BCUT2D eigenvalue weighted by Gasteiger charge is -2.11. The third kappa shape index (κ3) is 4.75. The lowest BCUT2D eigenvalue weighted by atomic mass is 10.2. The van der Waals surface area contributed by atoms with Gasteiger partial charge in [-0.25, -0.2) is 0 Å². The molecule has 0 saturated heterocycles. The summed E-state index contributed by atoms with van der Waals surface area (Å²) in [4.78, 5) is 24.0. The fraction of sp³-hybridized carbons (Fsp3) is 0. The lowest BCUT2D eigenvalue weighted by molar-refractivity contribution is 0.0934. The number of hydrogen-bond acceptors (Lipinski definition) is 3. The summed E-state index contributed by atoms with van der Waals surface area (Å²) in [5, 5.41) is 2.74. The standard InChI is InChI=1S/C15H11BrClN3O2S/c16-11-7-3-1-5-9(11)13(21)18-15(23)20-19-14(22)10-6-2-4-8-12(10)17/h1-8H,(H,19,22)(H2,18,20,21,23). The lowest BCUT2D eigenvalue weighted by Crippen LogP contribution is -2.48. The minimum atomic E-state index is -0.465. The zero-order valence-corrected chi connectivity index (χ0v) is 14.8. The first kappa shape index (κ1) is 17.4. The molecule has 2 amide bonds. The molecule has 0 atom stereocenters. The normalized spacial score (nSPS) is 9.83. The summed E-state index contributed by atoms with van der Waals surface area (Å²) >= 11 is 14.2. The number of rotatable bonds is 2. The summed E-state index contributed by atoms with van der Waals surface area (Å²) in [6.45, 7) is 0. The molecule has 2 rings (SSSR count). The van der Waals surface area contributed by atoms with Crippen LogP contribution in [0.25, 0.3) is 0 Å². The number of hydrogen-bond donors (Lipinski definition) is 3. The molecule has 5 nitrogen and oxygen atoms in total. The topological polar surface area (TPSA) is 70.2 Å². The van der Waals surface area contributed by atoms with Crippen LogP contribution < -0.4 is 16.2 Å². The van der Waals surface area contributed by atoms with E-state index < -0.39 is 11.8 Å². The van der Waals surface area contributed by atoms with E-state index in [0.717, 1.165) is 0 Å². The van der Waals surface area contributed by atoms with Gasteiger partial charge in [0.2, 0.25) is 0 Å². The molecule has 0 bridgehead atoms. The van der Waals surface area contributed by atoms with Crippen molar-refractivity contribution in [2.24, 2.45) is 0 Å². The van der Waals surface area contributed by atoms with Crippen LogP contribution in [-0.2, 0) is 0 Å². The molecule has 3 N–H and O–H groups in total. The van der Waals surface area contributed by atoms with Crippen LogP contribution >= 0.6 is 39.7 Å². The van der Waals surface area contributed by atoms with Crippen LogP contribution in [-0.4, -0.2) is 16.9 Å². The van der Waals surface area contributed by atoms with Crippen molar-refractivity contribution in [2.75, 3.05) is 0 Å². The van der Waals surface area contributed by atoms with Crippen LogP contribution in [0.2, 0.25) is 5.02 Å². The van der Waals surface area contributed by atoms with Crippen LogP contribution in [0.15, 0.2) is 53.0 Å². The van der Waals surface area contributed by atoms with E-state index in [2.05, 4.69) is 32.1 Å². The van der Waals surface area contributed by atoms with E-state index in [-0.39, 0.29) is 5.11 Å². The maximum Gasteiger partial charge on any atom is 0.271 e. The fourth-order valence-electron chi connectivity index (χ4n) is 1.67. The predicted octanol–water partition coefficient (Wildman–Crippen LogP) is 3.05. The first-order chi connectivity index (χ1) is 11.0. The molecule has 23 heavy (non-hydrogen) atoms. The van der Waals surface area contributed by atoms with Crippen LogP contribution in [0.1, 0.15) is 20.7 Å². The molecule has 8 heteroatoms. The van der Waals surface area contributed by atoms with Crippen molar-refractivity contribution >= 4 is 56.7 Å². The van der Waals surface area contributed by atoms with Gasteiger partial charge in [-0.15, -0.1) is 0 Å². The third-order valence-corrected chi connectivity index (χ3v) is 3.98. The van der Waals surface area contributed by atoms with Crippen LogP contribution in [0.5, 0.6) is 0 Å². The van der Waals surface area contributed by atoms with Crippen molar-refractivity contribution in [3.8, 4) is 0 Å². The highest BCUT2D eigenvalue weighted by Crippen LogP contribution is 2.15. The van der Waals surface area contributed by atoms with Gasteiger partial charge in [-0.2, -0.15) is 0 Å². The number of thiocarbonyl (C=S) groups is 1. The van der Waals surface area contributed by atoms with Gasteiger partial charge in [0, 0.05) is 4.47 Å². The van der Waals surface area contributed by atoms with Crippen molar-refractivity contribution in [1.82, 2.24) is 16.2 Å². The Kier molecular flexibility index (Phi) is 6.09. The molecule has 0 fully saturated rings. The van der Waals surface area contributed by atoms with Gasteiger partial charge in [0.05, 0.1) is 16.1 Å². The number of carbonyl (C=O) groups is 2. The Morgan fingerprint density at radius 3 is 2.17 bits per heavy atom. The Morgan fingerprint density at radius 2 is 1.52 bits per heavy atom. The van der Waals surface area contributed by atoms with E-state index in [0.29, 0.717) is 20.6 Å². The molecular weight excluding hydrogens is 402 g/mol. The van der Waals surface area contributed by atoms with E-state index in [1.807, 2.05) is 0 Å². The Morgan fingerprint density at radius 1 is 0.913 bits per heavy atom. The van der Waals surface area contributed by atoms with Gasteiger partial charge in [-0.05, 0) is 52.4 Å². The van der Waals surface area contributed by atoms with Crippen LogP contribution in [0, 0.1) is 0 Å². The molecular formula is C15H11BrClN3O2S. The molecule has 0 spiro atoms. The van der Waals surface area contributed by atoms with Crippen molar-refractivity contribution < 1.29 is 9.59 Å². The average Bonchev–Trinajstić information content (AvgIpc) is 2.53. The largest absolute Gasteiger partial charge is 0.298 e. The second-order valence-electron chi connectivity index (χ2n) is 4.32. The number of hydrazine groups is 1. The average molecular weight is 413 g/mol. The van der Waals surface area contributed by atoms with Crippen LogP contribution in [0.3, 0.4) is 0 Å². The smallest absolute Gasteiger partial charge is 0.271 e. The van der Waals surface area contributed by atoms with E-state index in [9.17, 15) is 9.59 Å². The number of nitrogens with one attached hydrogen (secondary N) is 3. The SMILES string of the molecule is O=C(NNC(=S)NC(=O)c1ccccc1Br)c1ccccc1Cl. The molecule has 0 aliphatic heterocycles. The molecule has 2 aromatic rings. The molecule has 0 aliphatic rings. The summed E-state index contributed by atoms with van der Waals surface area (Å²) in [6, 6.07) is 13.5. The summed E-state index contributed by atoms with van der Waals surface area (Å²) in [5.74, 6) is -0.866. The molecule has 0 radical (unpaired) electrons. The highest BCUT2D eigenvalue weighted by Gasteiger charge is 2.12. The second-order valence-corrected chi connectivity index (χ2v) is 5.99. The Bertz CT molecular complexity index is 770. The second kappa shape index (κ2) is 8.05. The molecule has 0 saturated carbocycles. The predicted molar refractivity (Wildman–Crippen MR) is 96.3 cm³/mol. The van der Waals surface area contributed by atoms with Gasteiger partial charge in [0.1, 0.15) is 0 Å². The van der Waals surface area contributed by atoms with E-state index >= 15 is 0 Å². The fourth-order valence-corrected chi connectivity index (χ4v) is 2.50. The van der Waals surface area contributed by atoms with E-state index in [4.69, 9.17) is 23.8 Å². The number of carbonyl (C=O) groups excluding carboxylic acids is 2.